The molecule has 0 saturated carbocycles. The number of benzene rings is 1. The van der Waals surface area contributed by atoms with Crippen molar-refractivity contribution in [2.75, 3.05) is 11.1 Å². The maximum absolute atomic E-state index is 5.59. The Morgan fingerprint density at radius 1 is 1.20 bits per heavy atom. The molecular weight excluding hydrogens is 256 g/mol. The van der Waals surface area contributed by atoms with Gasteiger partial charge >= 0.3 is 0 Å². The molecule has 1 heterocycles. The summed E-state index contributed by atoms with van der Waals surface area (Å²) in [5, 5.41) is 3.15. The van der Waals surface area contributed by atoms with Gasteiger partial charge in [0.25, 0.3) is 0 Å². The maximum atomic E-state index is 5.59. The first-order valence-electron chi connectivity index (χ1n) is 4.34. The zero-order valence-electron chi connectivity index (χ0n) is 7.81. The smallest absolute Gasteiger partial charge is 0.148 e. The number of rotatable bonds is 2. The van der Waals surface area contributed by atoms with Crippen LogP contribution in [0.25, 0.3) is 0 Å². The van der Waals surface area contributed by atoms with Crippen molar-refractivity contribution in [3.63, 3.8) is 0 Å². The van der Waals surface area contributed by atoms with Gasteiger partial charge in [-0.2, -0.15) is 0 Å². The van der Waals surface area contributed by atoms with Gasteiger partial charge in [-0.05, 0) is 40.2 Å². The van der Waals surface area contributed by atoms with E-state index >= 15 is 0 Å². The monoisotopic (exact) mass is 264 g/mol. The molecule has 1 aromatic heterocycles. The largest absolute Gasteiger partial charge is 0.399 e. The standard InChI is InChI=1S/C10H9BrN4/c11-9-5-13-6-14-10(9)15-8-3-1-7(12)2-4-8/h1-6H,12H2,(H,13,14,15). The number of nitrogens with two attached hydrogens (primary N) is 1. The molecule has 0 fully saturated rings. The van der Waals surface area contributed by atoms with E-state index in [9.17, 15) is 0 Å². The minimum atomic E-state index is 0.731. The molecule has 0 aliphatic carbocycles. The van der Waals surface area contributed by atoms with Crippen LogP contribution in [-0.2, 0) is 0 Å². The summed E-state index contributed by atoms with van der Waals surface area (Å²) in [6.45, 7) is 0. The molecule has 15 heavy (non-hydrogen) atoms. The highest BCUT2D eigenvalue weighted by Gasteiger charge is 2.00. The Hall–Kier alpha value is -1.62. The number of nitrogens with one attached hydrogen (secondary N) is 1. The van der Waals surface area contributed by atoms with Crippen LogP contribution < -0.4 is 11.1 Å². The molecule has 0 bridgehead atoms. The molecular formula is C10H9BrN4. The molecule has 0 amide bonds. The zero-order valence-corrected chi connectivity index (χ0v) is 9.40. The first-order chi connectivity index (χ1) is 7.25. The third-order valence-corrected chi connectivity index (χ3v) is 2.42. The van der Waals surface area contributed by atoms with Crippen molar-refractivity contribution in [2.45, 2.75) is 0 Å². The lowest BCUT2D eigenvalue weighted by Gasteiger charge is -2.06. The summed E-state index contributed by atoms with van der Waals surface area (Å²) in [5.41, 5.74) is 7.26. The quantitative estimate of drug-likeness (QED) is 0.819. The van der Waals surface area contributed by atoms with E-state index in [1.54, 1.807) is 6.20 Å². The zero-order chi connectivity index (χ0) is 10.7. The second-order valence-electron chi connectivity index (χ2n) is 2.97. The lowest BCUT2D eigenvalue weighted by atomic mass is 10.3. The van der Waals surface area contributed by atoms with Crippen molar-refractivity contribution in [3.8, 4) is 0 Å². The number of nitrogens with zero attached hydrogens (tertiary/aromatic N) is 2. The Kier molecular flexibility index (Phi) is 2.82. The van der Waals surface area contributed by atoms with Crippen LogP contribution in [0, 0.1) is 0 Å². The van der Waals surface area contributed by atoms with E-state index in [0.717, 1.165) is 21.7 Å². The molecule has 0 aliphatic heterocycles. The number of aromatic nitrogens is 2. The van der Waals surface area contributed by atoms with Crippen molar-refractivity contribution >= 4 is 33.1 Å². The van der Waals surface area contributed by atoms with E-state index < -0.39 is 0 Å². The second-order valence-corrected chi connectivity index (χ2v) is 3.82. The molecule has 0 aliphatic rings. The molecule has 0 atom stereocenters. The van der Waals surface area contributed by atoms with Gasteiger partial charge in [0.1, 0.15) is 12.1 Å². The molecule has 1 aromatic carbocycles. The van der Waals surface area contributed by atoms with Gasteiger partial charge in [0.15, 0.2) is 0 Å². The van der Waals surface area contributed by atoms with Gasteiger partial charge in [0, 0.05) is 17.6 Å². The molecule has 2 aromatic rings. The molecule has 76 valence electrons. The summed E-state index contributed by atoms with van der Waals surface area (Å²) in [6, 6.07) is 7.45. The van der Waals surface area contributed by atoms with Crippen molar-refractivity contribution in [2.24, 2.45) is 0 Å². The lowest BCUT2D eigenvalue weighted by Crippen LogP contribution is -1.95. The minimum Gasteiger partial charge on any atom is -0.399 e. The molecule has 0 saturated heterocycles. The molecule has 0 radical (unpaired) electrons. The molecule has 5 heteroatoms. The van der Waals surface area contributed by atoms with Crippen LogP contribution in [0.4, 0.5) is 17.2 Å². The highest BCUT2D eigenvalue weighted by molar-refractivity contribution is 9.10. The predicted molar refractivity (Wildman–Crippen MR) is 63.9 cm³/mol. The Morgan fingerprint density at radius 3 is 2.60 bits per heavy atom. The highest BCUT2D eigenvalue weighted by Crippen LogP contribution is 2.22. The summed E-state index contributed by atoms with van der Waals surface area (Å²) >= 11 is 3.36. The summed E-state index contributed by atoms with van der Waals surface area (Å²) in [7, 11) is 0. The van der Waals surface area contributed by atoms with Gasteiger partial charge in [0.05, 0.1) is 4.47 Å². The minimum absolute atomic E-state index is 0.731. The van der Waals surface area contributed by atoms with Crippen LogP contribution in [0.15, 0.2) is 41.3 Å². The van der Waals surface area contributed by atoms with E-state index in [1.807, 2.05) is 24.3 Å². The van der Waals surface area contributed by atoms with Crippen molar-refractivity contribution < 1.29 is 0 Å². The summed E-state index contributed by atoms with van der Waals surface area (Å²) in [6.07, 6.45) is 3.18. The molecule has 2 rings (SSSR count). The summed E-state index contributed by atoms with van der Waals surface area (Å²) in [5.74, 6) is 0.731. The van der Waals surface area contributed by atoms with Gasteiger partial charge in [-0.1, -0.05) is 0 Å². The molecule has 0 unspecified atom stereocenters. The van der Waals surface area contributed by atoms with Gasteiger partial charge < -0.3 is 11.1 Å². The van der Waals surface area contributed by atoms with E-state index in [4.69, 9.17) is 5.73 Å². The van der Waals surface area contributed by atoms with Crippen LogP contribution in [0.3, 0.4) is 0 Å². The Balaban J connectivity index is 2.22. The van der Waals surface area contributed by atoms with E-state index in [-0.39, 0.29) is 0 Å². The van der Waals surface area contributed by atoms with Crippen LogP contribution in [0.1, 0.15) is 0 Å². The highest BCUT2D eigenvalue weighted by atomic mass is 79.9. The number of hydrogen-bond acceptors (Lipinski definition) is 4. The Labute approximate surface area is 95.7 Å². The van der Waals surface area contributed by atoms with Crippen molar-refractivity contribution in [3.05, 3.63) is 41.3 Å². The number of nitrogen functional groups attached to an aromatic ring is 1. The van der Waals surface area contributed by atoms with Gasteiger partial charge in [-0.15, -0.1) is 0 Å². The predicted octanol–water partition coefficient (Wildman–Crippen LogP) is 2.56. The van der Waals surface area contributed by atoms with Crippen LogP contribution >= 0.6 is 15.9 Å². The van der Waals surface area contributed by atoms with Gasteiger partial charge in [-0.25, -0.2) is 9.97 Å². The average Bonchev–Trinajstić information content (AvgIpc) is 2.25. The SMILES string of the molecule is Nc1ccc(Nc2ncncc2Br)cc1. The molecule has 4 nitrogen and oxygen atoms in total. The Bertz CT molecular complexity index is 455. The fraction of sp³-hybridized carbons (Fsp3) is 0. The summed E-state index contributed by atoms with van der Waals surface area (Å²) in [4.78, 5) is 7.98. The third-order valence-electron chi connectivity index (χ3n) is 1.84. The van der Waals surface area contributed by atoms with Crippen LogP contribution in [0.5, 0.6) is 0 Å². The van der Waals surface area contributed by atoms with E-state index in [1.165, 1.54) is 6.33 Å². The van der Waals surface area contributed by atoms with Gasteiger partial charge in [0.2, 0.25) is 0 Å². The van der Waals surface area contributed by atoms with E-state index in [0.29, 0.717) is 0 Å². The first kappa shape index (κ1) is 9.92. The Morgan fingerprint density at radius 2 is 1.93 bits per heavy atom. The van der Waals surface area contributed by atoms with Gasteiger partial charge in [-0.3, -0.25) is 0 Å². The number of halogens is 1. The average molecular weight is 265 g/mol. The second kappa shape index (κ2) is 4.27. The fourth-order valence-corrected chi connectivity index (χ4v) is 1.43. The van der Waals surface area contributed by atoms with Crippen molar-refractivity contribution in [1.82, 2.24) is 9.97 Å². The van der Waals surface area contributed by atoms with E-state index in [2.05, 4.69) is 31.2 Å². The van der Waals surface area contributed by atoms with Crippen LogP contribution in [0.2, 0.25) is 0 Å². The maximum Gasteiger partial charge on any atom is 0.148 e. The third kappa shape index (κ3) is 2.44. The van der Waals surface area contributed by atoms with Crippen LogP contribution in [-0.4, -0.2) is 9.97 Å². The summed E-state index contributed by atoms with van der Waals surface area (Å²) < 4.78 is 0.821. The first-order valence-corrected chi connectivity index (χ1v) is 5.13. The molecule has 0 spiro atoms. The number of anilines is 3. The fourth-order valence-electron chi connectivity index (χ4n) is 1.11. The lowest BCUT2D eigenvalue weighted by molar-refractivity contribution is 1.15. The normalized spacial score (nSPS) is 9.93. The van der Waals surface area contributed by atoms with Crippen molar-refractivity contribution in [1.29, 1.82) is 0 Å². The topological polar surface area (TPSA) is 63.8 Å². The number of hydrogen-bond donors (Lipinski definition) is 2. The molecule has 3 N–H and O–H groups in total.